The number of hydrogen-bond acceptors (Lipinski definition) is 3. The number of benzene rings is 2. The molecule has 4 nitrogen and oxygen atoms in total. The van der Waals surface area contributed by atoms with Crippen LogP contribution in [0.5, 0.6) is 0 Å². The molecule has 0 aliphatic rings. The highest BCUT2D eigenvalue weighted by Gasteiger charge is 2.08. The van der Waals surface area contributed by atoms with Gasteiger partial charge in [0.1, 0.15) is 0 Å². The number of hydrogen-bond donors (Lipinski definition) is 2. The number of anilines is 1. The average molecular weight is 264 g/mol. The Morgan fingerprint density at radius 3 is 2.35 bits per heavy atom. The molecule has 0 atom stereocenters. The SMILES string of the molecule is Cc1ccc(-c2nc(-c3ccc(C)c(N)c3)n[nH]2)cc1. The van der Waals surface area contributed by atoms with Gasteiger partial charge in [-0.15, -0.1) is 0 Å². The second kappa shape index (κ2) is 4.81. The number of nitrogens with two attached hydrogens (primary N) is 1. The van der Waals surface area contributed by atoms with Crippen molar-refractivity contribution in [1.82, 2.24) is 15.2 Å². The van der Waals surface area contributed by atoms with E-state index in [0.717, 1.165) is 28.2 Å². The van der Waals surface area contributed by atoms with E-state index in [0.29, 0.717) is 5.82 Å². The van der Waals surface area contributed by atoms with E-state index in [1.54, 1.807) is 0 Å². The van der Waals surface area contributed by atoms with Crippen LogP contribution in [0.25, 0.3) is 22.8 Å². The van der Waals surface area contributed by atoms with Crippen molar-refractivity contribution in [2.75, 3.05) is 5.73 Å². The van der Waals surface area contributed by atoms with Crippen LogP contribution in [-0.2, 0) is 0 Å². The van der Waals surface area contributed by atoms with Gasteiger partial charge in [0.05, 0.1) is 0 Å². The third kappa shape index (κ3) is 2.28. The zero-order chi connectivity index (χ0) is 14.1. The van der Waals surface area contributed by atoms with E-state index in [9.17, 15) is 0 Å². The van der Waals surface area contributed by atoms with Crippen LogP contribution in [0.1, 0.15) is 11.1 Å². The van der Waals surface area contributed by atoms with Crippen LogP contribution >= 0.6 is 0 Å². The van der Waals surface area contributed by atoms with Gasteiger partial charge < -0.3 is 5.73 Å². The fraction of sp³-hybridized carbons (Fsp3) is 0.125. The molecule has 0 fully saturated rings. The second-order valence-electron chi connectivity index (χ2n) is 4.95. The van der Waals surface area contributed by atoms with Gasteiger partial charge in [-0.2, -0.15) is 5.10 Å². The summed E-state index contributed by atoms with van der Waals surface area (Å²) in [7, 11) is 0. The quantitative estimate of drug-likeness (QED) is 0.697. The normalized spacial score (nSPS) is 10.7. The number of nitrogens with one attached hydrogen (secondary N) is 1. The summed E-state index contributed by atoms with van der Waals surface area (Å²) in [6.07, 6.45) is 0. The first-order valence-electron chi connectivity index (χ1n) is 6.49. The van der Waals surface area contributed by atoms with E-state index in [4.69, 9.17) is 5.73 Å². The fourth-order valence-electron chi connectivity index (χ4n) is 2.01. The summed E-state index contributed by atoms with van der Waals surface area (Å²) in [4.78, 5) is 4.53. The van der Waals surface area contributed by atoms with Crippen LogP contribution in [0, 0.1) is 13.8 Å². The topological polar surface area (TPSA) is 67.6 Å². The Balaban J connectivity index is 1.97. The molecule has 0 unspecified atom stereocenters. The first-order valence-corrected chi connectivity index (χ1v) is 6.49. The number of nitrogen functional groups attached to an aromatic ring is 1. The molecule has 100 valence electrons. The lowest BCUT2D eigenvalue weighted by atomic mass is 10.1. The van der Waals surface area contributed by atoms with Crippen molar-refractivity contribution in [2.24, 2.45) is 0 Å². The maximum atomic E-state index is 5.93. The van der Waals surface area contributed by atoms with E-state index in [2.05, 4.69) is 34.2 Å². The Hall–Kier alpha value is -2.62. The smallest absolute Gasteiger partial charge is 0.181 e. The monoisotopic (exact) mass is 264 g/mol. The van der Waals surface area contributed by atoms with Crippen molar-refractivity contribution in [1.29, 1.82) is 0 Å². The summed E-state index contributed by atoms with van der Waals surface area (Å²) in [5.41, 5.74) is 10.9. The minimum absolute atomic E-state index is 0.660. The van der Waals surface area contributed by atoms with Gasteiger partial charge in [0, 0.05) is 16.8 Å². The predicted octanol–water partition coefficient (Wildman–Crippen LogP) is 3.34. The summed E-state index contributed by atoms with van der Waals surface area (Å²) in [5.74, 6) is 1.42. The highest BCUT2D eigenvalue weighted by Crippen LogP contribution is 2.23. The molecular weight excluding hydrogens is 248 g/mol. The molecule has 0 radical (unpaired) electrons. The van der Waals surface area contributed by atoms with Gasteiger partial charge in [-0.1, -0.05) is 42.0 Å². The van der Waals surface area contributed by atoms with Gasteiger partial charge in [0.2, 0.25) is 0 Å². The third-order valence-corrected chi connectivity index (χ3v) is 3.35. The van der Waals surface area contributed by atoms with Crippen molar-refractivity contribution >= 4 is 5.69 Å². The number of nitrogens with zero attached hydrogens (tertiary/aromatic N) is 2. The van der Waals surface area contributed by atoms with Crippen molar-refractivity contribution in [3.8, 4) is 22.8 Å². The van der Waals surface area contributed by atoms with Gasteiger partial charge >= 0.3 is 0 Å². The van der Waals surface area contributed by atoms with Gasteiger partial charge in [-0.25, -0.2) is 4.98 Å². The lowest BCUT2D eigenvalue weighted by molar-refractivity contribution is 1.10. The van der Waals surface area contributed by atoms with E-state index < -0.39 is 0 Å². The minimum atomic E-state index is 0.660. The average Bonchev–Trinajstić information content (AvgIpc) is 2.92. The number of aromatic nitrogens is 3. The summed E-state index contributed by atoms with van der Waals surface area (Å²) >= 11 is 0. The fourth-order valence-corrected chi connectivity index (χ4v) is 2.01. The molecule has 20 heavy (non-hydrogen) atoms. The molecule has 3 N–H and O–H groups in total. The standard InChI is InChI=1S/C16H16N4/c1-10-3-6-12(7-4-10)15-18-16(20-19-15)13-8-5-11(2)14(17)9-13/h3-9H,17H2,1-2H3,(H,18,19,20). The molecule has 0 saturated heterocycles. The number of rotatable bonds is 2. The van der Waals surface area contributed by atoms with Crippen LogP contribution in [0.15, 0.2) is 42.5 Å². The summed E-state index contributed by atoms with van der Waals surface area (Å²) in [6.45, 7) is 4.04. The molecule has 0 aliphatic heterocycles. The first kappa shape index (κ1) is 12.4. The molecule has 2 aromatic carbocycles. The molecule has 3 rings (SSSR count). The Labute approximate surface area is 117 Å². The van der Waals surface area contributed by atoms with Gasteiger partial charge in [0.25, 0.3) is 0 Å². The van der Waals surface area contributed by atoms with E-state index in [-0.39, 0.29) is 0 Å². The number of aromatic amines is 1. The lowest BCUT2D eigenvalue weighted by Crippen LogP contribution is -1.90. The van der Waals surface area contributed by atoms with Crippen LogP contribution < -0.4 is 5.73 Å². The molecule has 1 aromatic heterocycles. The zero-order valence-electron chi connectivity index (χ0n) is 11.5. The van der Waals surface area contributed by atoms with Gasteiger partial charge in [0.15, 0.2) is 11.6 Å². The zero-order valence-corrected chi connectivity index (χ0v) is 11.5. The van der Waals surface area contributed by atoms with E-state index in [1.165, 1.54) is 5.56 Å². The van der Waals surface area contributed by atoms with Gasteiger partial charge in [-0.05, 0) is 25.5 Å². The Morgan fingerprint density at radius 2 is 1.65 bits per heavy atom. The van der Waals surface area contributed by atoms with E-state index >= 15 is 0 Å². The third-order valence-electron chi connectivity index (χ3n) is 3.35. The highest BCUT2D eigenvalue weighted by atomic mass is 15.2. The first-order chi connectivity index (χ1) is 9.63. The predicted molar refractivity (Wildman–Crippen MR) is 81.1 cm³/mol. The van der Waals surface area contributed by atoms with Crippen molar-refractivity contribution in [2.45, 2.75) is 13.8 Å². The van der Waals surface area contributed by atoms with Gasteiger partial charge in [-0.3, -0.25) is 5.10 Å². The molecule has 3 aromatic rings. The lowest BCUT2D eigenvalue weighted by Gasteiger charge is -2.01. The highest BCUT2D eigenvalue weighted by molar-refractivity contribution is 5.65. The number of aryl methyl sites for hydroxylation is 2. The van der Waals surface area contributed by atoms with Crippen molar-refractivity contribution in [3.63, 3.8) is 0 Å². The second-order valence-corrected chi connectivity index (χ2v) is 4.95. The minimum Gasteiger partial charge on any atom is -0.398 e. The molecule has 0 spiro atoms. The Morgan fingerprint density at radius 1 is 0.950 bits per heavy atom. The van der Waals surface area contributed by atoms with Crippen LogP contribution in [0.2, 0.25) is 0 Å². The van der Waals surface area contributed by atoms with Crippen LogP contribution in [-0.4, -0.2) is 15.2 Å². The van der Waals surface area contributed by atoms with Crippen molar-refractivity contribution < 1.29 is 0 Å². The molecule has 0 amide bonds. The Bertz CT molecular complexity index is 741. The molecule has 1 heterocycles. The molecule has 0 aliphatic carbocycles. The van der Waals surface area contributed by atoms with Crippen LogP contribution in [0.3, 0.4) is 0 Å². The Kier molecular flexibility index (Phi) is 2.99. The van der Waals surface area contributed by atoms with Crippen LogP contribution in [0.4, 0.5) is 5.69 Å². The summed E-state index contributed by atoms with van der Waals surface area (Å²) in [6, 6.07) is 14.0. The summed E-state index contributed by atoms with van der Waals surface area (Å²) in [5, 5.41) is 7.24. The number of H-pyrrole nitrogens is 1. The summed E-state index contributed by atoms with van der Waals surface area (Å²) < 4.78 is 0. The molecule has 0 bridgehead atoms. The van der Waals surface area contributed by atoms with E-state index in [1.807, 2.05) is 37.3 Å². The molecular formula is C16H16N4. The maximum Gasteiger partial charge on any atom is 0.181 e. The largest absolute Gasteiger partial charge is 0.398 e. The van der Waals surface area contributed by atoms with Crippen molar-refractivity contribution in [3.05, 3.63) is 53.6 Å². The maximum absolute atomic E-state index is 5.93. The molecule has 4 heteroatoms. The molecule has 0 saturated carbocycles.